The number of pyridine rings is 1. The molecule has 29 heavy (non-hydrogen) atoms. The van der Waals surface area contributed by atoms with Crippen molar-refractivity contribution in [2.24, 2.45) is 0 Å². The van der Waals surface area contributed by atoms with Crippen LogP contribution >= 0.6 is 11.6 Å². The quantitative estimate of drug-likeness (QED) is 0.645. The van der Waals surface area contributed by atoms with Gasteiger partial charge in [0.25, 0.3) is 0 Å². The Morgan fingerprint density at radius 3 is 3.00 bits per heavy atom. The number of para-hydroxylation sites is 1. The molecular formula is C21H19ClN4O3. The molecule has 0 spiro atoms. The highest BCUT2D eigenvalue weighted by Crippen LogP contribution is 2.31. The third-order valence-electron chi connectivity index (χ3n) is 4.62. The monoisotopic (exact) mass is 410 g/mol. The Labute approximate surface area is 172 Å². The van der Waals surface area contributed by atoms with E-state index < -0.39 is 0 Å². The summed E-state index contributed by atoms with van der Waals surface area (Å²) in [6.45, 7) is 1.03. The first-order chi connectivity index (χ1) is 14.0. The molecule has 2 N–H and O–H groups in total. The first-order valence-electron chi connectivity index (χ1n) is 9.10. The summed E-state index contributed by atoms with van der Waals surface area (Å²) in [5.41, 5.74) is 2.33. The lowest BCUT2D eigenvalue weighted by molar-refractivity contribution is -0.125. The highest BCUT2D eigenvalue weighted by atomic mass is 35.5. The molecule has 4 rings (SSSR count). The van der Waals surface area contributed by atoms with Gasteiger partial charge in [0.1, 0.15) is 17.2 Å². The summed E-state index contributed by atoms with van der Waals surface area (Å²) in [5.74, 6) is 0.772. The van der Waals surface area contributed by atoms with E-state index in [-0.39, 0.29) is 24.9 Å². The van der Waals surface area contributed by atoms with Crippen LogP contribution in [-0.2, 0) is 22.7 Å². The van der Waals surface area contributed by atoms with Crippen LogP contribution in [0.2, 0.25) is 5.02 Å². The molecular weight excluding hydrogens is 392 g/mol. The molecule has 3 aromatic rings. The van der Waals surface area contributed by atoms with Crippen LogP contribution in [0.25, 0.3) is 17.0 Å². The smallest absolute Gasteiger partial charge is 0.246 e. The van der Waals surface area contributed by atoms with Gasteiger partial charge in [0, 0.05) is 36.8 Å². The third kappa shape index (κ3) is 4.16. The van der Waals surface area contributed by atoms with Gasteiger partial charge in [-0.15, -0.1) is 0 Å². The minimum Gasteiger partial charge on any atom is -0.458 e. The van der Waals surface area contributed by atoms with E-state index in [0.717, 1.165) is 16.5 Å². The molecule has 148 valence electrons. The van der Waals surface area contributed by atoms with Crippen LogP contribution in [0.3, 0.4) is 0 Å². The molecule has 0 atom stereocenters. The van der Waals surface area contributed by atoms with Crippen LogP contribution in [0.4, 0.5) is 5.82 Å². The number of carbonyl (C=O) groups excluding carboxylic acids is 2. The second kappa shape index (κ2) is 8.06. The zero-order chi connectivity index (χ0) is 20.4. The lowest BCUT2D eigenvalue weighted by Gasteiger charge is -2.13. The number of nitrogens with one attached hydrogen (secondary N) is 2. The largest absolute Gasteiger partial charge is 0.458 e. The van der Waals surface area contributed by atoms with Gasteiger partial charge in [0.2, 0.25) is 11.8 Å². The minimum absolute atomic E-state index is 0.124. The van der Waals surface area contributed by atoms with Gasteiger partial charge in [-0.25, -0.2) is 4.98 Å². The Bertz CT molecular complexity index is 1120. The second-order valence-corrected chi connectivity index (χ2v) is 7.17. The van der Waals surface area contributed by atoms with Crippen LogP contribution in [0, 0.1) is 0 Å². The number of fused-ring (bicyclic) bond motifs is 2. The topological polar surface area (TPSA) is 87.5 Å². The standard InChI is InChI=1S/C21H19ClN4O3/c1-26(12-17-20(22)15-4-2-3-5-16(15)29-17)19(28)7-6-13-8-14-10-23-11-18(27)25-21(14)24-9-13/h2-9,23H,10-12H2,1H3,(H,24,25,27). The number of hydrogen-bond acceptors (Lipinski definition) is 5. The van der Waals surface area contributed by atoms with Crippen LogP contribution < -0.4 is 10.6 Å². The maximum atomic E-state index is 12.5. The Morgan fingerprint density at radius 2 is 2.17 bits per heavy atom. The molecule has 3 heterocycles. The summed E-state index contributed by atoms with van der Waals surface area (Å²) in [6, 6.07) is 9.38. The van der Waals surface area contributed by atoms with Crippen LogP contribution in [0.1, 0.15) is 16.9 Å². The van der Waals surface area contributed by atoms with Crippen molar-refractivity contribution in [3.05, 3.63) is 64.5 Å². The highest BCUT2D eigenvalue weighted by Gasteiger charge is 2.16. The van der Waals surface area contributed by atoms with Gasteiger partial charge in [0.05, 0.1) is 18.1 Å². The van der Waals surface area contributed by atoms with Crippen molar-refractivity contribution in [2.45, 2.75) is 13.1 Å². The molecule has 0 unspecified atom stereocenters. The van der Waals surface area contributed by atoms with E-state index >= 15 is 0 Å². The predicted octanol–water partition coefficient (Wildman–Crippen LogP) is 3.19. The number of aromatic nitrogens is 1. The molecule has 8 heteroatoms. The summed E-state index contributed by atoms with van der Waals surface area (Å²) in [4.78, 5) is 29.9. The summed E-state index contributed by atoms with van der Waals surface area (Å²) >= 11 is 6.38. The van der Waals surface area contributed by atoms with Gasteiger partial charge in [-0.2, -0.15) is 0 Å². The van der Waals surface area contributed by atoms with Crippen molar-refractivity contribution in [1.82, 2.24) is 15.2 Å². The van der Waals surface area contributed by atoms with Crippen molar-refractivity contribution in [2.75, 3.05) is 18.9 Å². The number of furan rings is 1. The molecule has 1 aliphatic rings. The van der Waals surface area contributed by atoms with Crippen LogP contribution in [-0.4, -0.2) is 35.3 Å². The lowest BCUT2D eigenvalue weighted by atomic mass is 10.1. The Morgan fingerprint density at radius 1 is 1.34 bits per heavy atom. The van der Waals surface area contributed by atoms with Gasteiger partial charge in [-0.05, 0) is 29.8 Å². The first kappa shape index (κ1) is 19.2. The van der Waals surface area contributed by atoms with Gasteiger partial charge in [-0.1, -0.05) is 23.7 Å². The number of anilines is 1. The predicted molar refractivity (Wildman–Crippen MR) is 111 cm³/mol. The molecule has 2 aromatic heterocycles. The molecule has 7 nitrogen and oxygen atoms in total. The summed E-state index contributed by atoms with van der Waals surface area (Å²) in [7, 11) is 1.69. The molecule has 1 aromatic carbocycles. The number of nitrogens with zero attached hydrogens (tertiary/aromatic N) is 2. The number of carbonyl (C=O) groups is 2. The van der Waals surface area contributed by atoms with E-state index in [1.165, 1.54) is 11.0 Å². The Kier molecular flexibility index (Phi) is 5.33. The van der Waals surface area contributed by atoms with Crippen LogP contribution in [0.15, 0.2) is 47.0 Å². The molecule has 0 bridgehead atoms. The SMILES string of the molecule is CN(Cc1oc2ccccc2c1Cl)C(=O)C=Cc1cnc2c(c1)CNCC(=O)N2. The van der Waals surface area contributed by atoms with Gasteiger partial charge < -0.3 is 20.0 Å². The van der Waals surface area contributed by atoms with E-state index in [9.17, 15) is 9.59 Å². The summed E-state index contributed by atoms with van der Waals surface area (Å²) < 4.78 is 5.76. The number of benzene rings is 1. The number of halogens is 1. The maximum absolute atomic E-state index is 12.5. The fourth-order valence-corrected chi connectivity index (χ4v) is 3.36. The van der Waals surface area contributed by atoms with Crippen molar-refractivity contribution in [3.8, 4) is 0 Å². The van der Waals surface area contributed by atoms with Crippen molar-refractivity contribution in [3.63, 3.8) is 0 Å². The number of likely N-dealkylation sites (N-methyl/N-ethyl adjacent to an activating group) is 1. The first-order valence-corrected chi connectivity index (χ1v) is 9.47. The highest BCUT2D eigenvalue weighted by molar-refractivity contribution is 6.36. The Hall–Kier alpha value is -3.16. The fraction of sp³-hybridized carbons (Fsp3) is 0.190. The zero-order valence-corrected chi connectivity index (χ0v) is 16.5. The molecule has 0 saturated carbocycles. The molecule has 2 amide bonds. The number of rotatable bonds is 4. The number of hydrogen-bond donors (Lipinski definition) is 2. The van der Waals surface area contributed by atoms with Crippen molar-refractivity contribution >= 4 is 46.3 Å². The fourth-order valence-electron chi connectivity index (χ4n) is 3.11. The molecule has 0 radical (unpaired) electrons. The average molecular weight is 411 g/mol. The lowest BCUT2D eigenvalue weighted by Crippen LogP contribution is -2.24. The van der Waals surface area contributed by atoms with Crippen molar-refractivity contribution in [1.29, 1.82) is 0 Å². The molecule has 0 aliphatic carbocycles. The van der Waals surface area contributed by atoms with E-state index in [1.807, 2.05) is 30.3 Å². The molecule has 0 fully saturated rings. The van der Waals surface area contributed by atoms with Gasteiger partial charge in [-0.3, -0.25) is 9.59 Å². The zero-order valence-electron chi connectivity index (χ0n) is 15.7. The van der Waals surface area contributed by atoms with Crippen LogP contribution in [0.5, 0.6) is 0 Å². The minimum atomic E-state index is -0.192. The van der Waals surface area contributed by atoms with E-state index in [1.54, 1.807) is 19.3 Å². The van der Waals surface area contributed by atoms with E-state index in [4.69, 9.17) is 16.0 Å². The maximum Gasteiger partial charge on any atom is 0.246 e. The van der Waals surface area contributed by atoms with Gasteiger partial charge >= 0.3 is 0 Å². The summed E-state index contributed by atoms with van der Waals surface area (Å²) in [6.07, 6.45) is 4.78. The summed E-state index contributed by atoms with van der Waals surface area (Å²) in [5, 5.41) is 7.13. The Balaban J connectivity index is 1.45. The molecule has 0 saturated heterocycles. The van der Waals surface area contributed by atoms with Crippen molar-refractivity contribution < 1.29 is 14.0 Å². The molecule has 1 aliphatic heterocycles. The number of amides is 2. The third-order valence-corrected chi connectivity index (χ3v) is 5.04. The van der Waals surface area contributed by atoms with Gasteiger partial charge in [0.15, 0.2) is 0 Å². The average Bonchev–Trinajstić information content (AvgIpc) is 2.90. The normalized spacial score (nSPS) is 13.9. The van der Waals surface area contributed by atoms with E-state index in [0.29, 0.717) is 28.7 Å². The van der Waals surface area contributed by atoms with E-state index in [2.05, 4.69) is 15.6 Å². The second-order valence-electron chi connectivity index (χ2n) is 6.79.